The molecule has 226 valence electrons. The molecular formula is C28H49NO10. The van der Waals surface area contributed by atoms with Crippen molar-refractivity contribution in [3.63, 3.8) is 0 Å². The van der Waals surface area contributed by atoms with E-state index in [4.69, 9.17) is 42.6 Å². The summed E-state index contributed by atoms with van der Waals surface area (Å²) < 4.78 is 53.6. The highest BCUT2D eigenvalue weighted by molar-refractivity contribution is 5.82. The van der Waals surface area contributed by atoms with Crippen LogP contribution in [0.3, 0.4) is 0 Å². The summed E-state index contributed by atoms with van der Waals surface area (Å²) >= 11 is 0. The van der Waals surface area contributed by atoms with E-state index in [0.29, 0.717) is 19.4 Å². The Hall–Kier alpha value is -1.15. The van der Waals surface area contributed by atoms with E-state index in [9.17, 15) is 4.79 Å². The van der Waals surface area contributed by atoms with Gasteiger partial charge in [0.25, 0.3) is 5.91 Å². The molecule has 3 heterocycles. The standard InChI is InChI=1S/C28H49NO10/c1-16-13-28(35-11,39-18(3)17(16)2)24(34-10)25(30)29(6)26-22-21(36-15-37-26)23(33-9)27(4,5)20(38-22)12-19(32-8)14-31-7/h17-24,26H,1,12-15H2,2-11H3/t17-,18-,19+,20-,21+,22?,23?,24?,26?,28?/m1/s1. The van der Waals surface area contributed by atoms with Crippen LogP contribution in [0.2, 0.25) is 0 Å². The van der Waals surface area contributed by atoms with Gasteiger partial charge in [-0.2, -0.15) is 0 Å². The van der Waals surface area contributed by atoms with Crippen LogP contribution in [-0.2, 0) is 47.4 Å². The first-order chi connectivity index (χ1) is 18.4. The molecule has 3 saturated heterocycles. The minimum Gasteiger partial charge on any atom is -0.382 e. The SMILES string of the molecule is C=C1CC(OC)(C(OC)C(=O)N(C)C2OCO[C@H]3C2O[C@H](C[C@@H](COC)OC)C(C)(C)C3OC)O[C@H](C)[C@@H]1C. The number of fused-ring (bicyclic) bond motifs is 1. The molecule has 0 N–H and O–H groups in total. The van der Waals surface area contributed by atoms with Crippen molar-refractivity contribution in [2.45, 2.75) is 95.3 Å². The summed E-state index contributed by atoms with van der Waals surface area (Å²) in [5.74, 6) is -1.58. The molecule has 11 nitrogen and oxygen atoms in total. The number of amides is 1. The lowest BCUT2D eigenvalue weighted by atomic mass is 9.72. The summed E-state index contributed by atoms with van der Waals surface area (Å²) in [7, 11) is 9.60. The summed E-state index contributed by atoms with van der Waals surface area (Å²) in [5, 5.41) is 0. The van der Waals surface area contributed by atoms with Crippen molar-refractivity contribution in [2.24, 2.45) is 11.3 Å². The van der Waals surface area contributed by atoms with Crippen molar-refractivity contribution in [3.8, 4) is 0 Å². The predicted molar refractivity (Wildman–Crippen MR) is 142 cm³/mol. The topological polar surface area (TPSA) is 103 Å². The third kappa shape index (κ3) is 6.22. The van der Waals surface area contributed by atoms with Crippen LogP contribution < -0.4 is 0 Å². The zero-order valence-corrected chi connectivity index (χ0v) is 25.3. The van der Waals surface area contributed by atoms with Crippen molar-refractivity contribution in [3.05, 3.63) is 12.2 Å². The van der Waals surface area contributed by atoms with Gasteiger partial charge in [0.2, 0.25) is 5.79 Å². The molecule has 0 saturated carbocycles. The van der Waals surface area contributed by atoms with Crippen molar-refractivity contribution in [1.29, 1.82) is 0 Å². The fourth-order valence-electron chi connectivity index (χ4n) is 6.13. The van der Waals surface area contributed by atoms with E-state index < -0.39 is 35.7 Å². The highest BCUT2D eigenvalue weighted by atomic mass is 16.7. The van der Waals surface area contributed by atoms with Gasteiger partial charge in [-0.25, -0.2) is 0 Å². The Labute approximate surface area is 233 Å². The number of carbonyl (C=O) groups is 1. The first-order valence-electron chi connectivity index (χ1n) is 13.6. The number of ether oxygens (including phenoxy) is 9. The van der Waals surface area contributed by atoms with Crippen LogP contribution in [0.15, 0.2) is 12.2 Å². The number of hydrogen-bond acceptors (Lipinski definition) is 10. The summed E-state index contributed by atoms with van der Waals surface area (Å²) in [6, 6.07) is 0. The van der Waals surface area contributed by atoms with E-state index in [-0.39, 0.29) is 43.0 Å². The average molecular weight is 560 g/mol. The summed E-state index contributed by atoms with van der Waals surface area (Å²) in [6.45, 7) is 12.8. The summed E-state index contributed by atoms with van der Waals surface area (Å²) in [5.41, 5.74) is 0.506. The number of nitrogens with zero attached hydrogens (tertiary/aromatic N) is 1. The molecule has 3 aliphatic heterocycles. The quantitative estimate of drug-likeness (QED) is 0.351. The minimum absolute atomic E-state index is 0.0211. The molecule has 0 aliphatic carbocycles. The number of likely N-dealkylation sites (N-methyl/N-ethyl adjacent to an activating group) is 1. The Bertz CT molecular complexity index is 839. The number of rotatable bonds is 11. The molecule has 10 atom stereocenters. The van der Waals surface area contributed by atoms with Crippen molar-refractivity contribution < 1.29 is 47.4 Å². The zero-order valence-electron chi connectivity index (χ0n) is 25.3. The number of carbonyl (C=O) groups excluding carboxylic acids is 1. The maximum atomic E-state index is 14.0. The van der Waals surface area contributed by atoms with E-state index in [1.165, 1.54) is 19.1 Å². The van der Waals surface area contributed by atoms with E-state index in [1.54, 1.807) is 28.4 Å². The molecule has 0 spiro atoms. The Kier molecular flexibility index (Phi) is 11.0. The second-order valence-electron chi connectivity index (χ2n) is 11.4. The van der Waals surface area contributed by atoms with Gasteiger partial charge in [-0.15, -0.1) is 0 Å². The predicted octanol–water partition coefficient (Wildman–Crippen LogP) is 2.36. The molecule has 39 heavy (non-hydrogen) atoms. The average Bonchev–Trinajstić information content (AvgIpc) is 2.91. The molecule has 1 amide bonds. The van der Waals surface area contributed by atoms with E-state index >= 15 is 0 Å². The molecular weight excluding hydrogens is 510 g/mol. The van der Waals surface area contributed by atoms with Crippen molar-refractivity contribution in [2.75, 3.05) is 56.0 Å². The van der Waals surface area contributed by atoms with Gasteiger partial charge in [0, 0.05) is 66.8 Å². The number of hydrogen-bond donors (Lipinski definition) is 0. The first kappa shape index (κ1) is 32.4. The third-order valence-electron chi connectivity index (χ3n) is 8.85. The zero-order chi connectivity index (χ0) is 29.1. The fourth-order valence-corrected chi connectivity index (χ4v) is 6.13. The van der Waals surface area contributed by atoms with Gasteiger partial charge in [-0.05, 0) is 6.92 Å². The Morgan fingerprint density at radius 1 is 1.10 bits per heavy atom. The summed E-state index contributed by atoms with van der Waals surface area (Å²) in [4.78, 5) is 15.5. The van der Waals surface area contributed by atoms with E-state index in [2.05, 4.69) is 20.4 Å². The van der Waals surface area contributed by atoms with Gasteiger partial charge in [-0.1, -0.05) is 32.9 Å². The van der Waals surface area contributed by atoms with Crippen LogP contribution in [0.5, 0.6) is 0 Å². The van der Waals surface area contributed by atoms with Crippen LogP contribution in [0, 0.1) is 11.3 Å². The number of methoxy groups -OCH3 is 5. The van der Waals surface area contributed by atoms with Crippen molar-refractivity contribution in [1.82, 2.24) is 4.90 Å². The van der Waals surface area contributed by atoms with Crippen LogP contribution in [-0.4, -0.2) is 122 Å². The Balaban J connectivity index is 1.89. The molecule has 0 radical (unpaired) electrons. The molecule has 0 bridgehead atoms. The van der Waals surface area contributed by atoms with Crippen LogP contribution in [0.25, 0.3) is 0 Å². The lowest BCUT2D eigenvalue weighted by Gasteiger charge is -2.55. The molecule has 0 aromatic carbocycles. The van der Waals surface area contributed by atoms with Gasteiger partial charge in [0.15, 0.2) is 12.3 Å². The Morgan fingerprint density at radius 3 is 2.33 bits per heavy atom. The molecule has 3 rings (SSSR count). The van der Waals surface area contributed by atoms with Gasteiger partial charge >= 0.3 is 0 Å². The minimum atomic E-state index is -1.33. The fraction of sp³-hybridized carbons (Fsp3) is 0.893. The second-order valence-corrected chi connectivity index (χ2v) is 11.4. The molecule has 3 aliphatic rings. The monoisotopic (exact) mass is 559 g/mol. The lowest BCUT2D eigenvalue weighted by molar-refractivity contribution is -0.347. The Morgan fingerprint density at radius 2 is 1.79 bits per heavy atom. The molecule has 11 heteroatoms. The van der Waals surface area contributed by atoms with Crippen molar-refractivity contribution >= 4 is 5.91 Å². The van der Waals surface area contributed by atoms with Crippen LogP contribution in [0.1, 0.15) is 40.5 Å². The van der Waals surface area contributed by atoms with Crippen LogP contribution >= 0.6 is 0 Å². The van der Waals surface area contributed by atoms with E-state index in [0.717, 1.165) is 5.57 Å². The highest BCUT2D eigenvalue weighted by Crippen LogP contribution is 2.45. The van der Waals surface area contributed by atoms with Crippen LogP contribution in [0.4, 0.5) is 0 Å². The van der Waals surface area contributed by atoms with Gasteiger partial charge in [0.1, 0.15) is 19.0 Å². The maximum absolute atomic E-state index is 14.0. The van der Waals surface area contributed by atoms with Gasteiger partial charge < -0.3 is 47.5 Å². The van der Waals surface area contributed by atoms with E-state index in [1.807, 2.05) is 13.8 Å². The molecule has 0 aromatic rings. The van der Waals surface area contributed by atoms with Gasteiger partial charge in [0.05, 0.1) is 31.0 Å². The van der Waals surface area contributed by atoms with Gasteiger partial charge in [-0.3, -0.25) is 4.79 Å². The maximum Gasteiger partial charge on any atom is 0.259 e. The largest absolute Gasteiger partial charge is 0.382 e. The third-order valence-corrected chi connectivity index (χ3v) is 8.85. The second kappa shape index (κ2) is 13.2. The molecule has 3 fully saturated rings. The summed E-state index contributed by atoms with van der Waals surface area (Å²) in [6.07, 6.45) is -3.08. The normalized spacial score (nSPS) is 38.1. The molecule has 0 aromatic heterocycles. The molecule has 5 unspecified atom stereocenters. The first-order valence-corrected chi connectivity index (χ1v) is 13.6. The lowest BCUT2D eigenvalue weighted by Crippen LogP contribution is -2.69. The smallest absolute Gasteiger partial charge is 0.259 e. The highest BCUT2D eigenvalue weighted by Gasteiger charge is 2.58.